The summed E-state index contributed by atoms with van der Waals surface area (Å²) in [4.78, 5) is 21.5. The lowest BCUT2D eigenvalue weighted by molar-refractivity contribution is -0.137. The van der Waals surface area contributed by atoms with Gasteiger partial charge in [0.15, 0.2) is 5.78 Å². The van der Waals surface area contributed by atoms with Gasteiger partial charge in [-0.15, -0.1) is 11.3 Å². The molecule has 2 rings (SSSR count). The standard InChI is InChI=1S/C23H32F3N3OS/c1-7-9-10-14(3)12-22(5,8-2)20-16(15(4)30)11-18(31-20)19-17(23(24,25)26)13-28-21(27-6)29-19/h11,13-14H,7-10,12H2,1-6H3,(H,27,28,29). The van der Waals surface area contributed by atoms with Crippen LogP contribution in [0.4, 0.5) is 19.1 Å². The number of alkyl halides is 3. The average molecular weight is 456 g/mol. The van der Waals surface area contributed by atoms with Crippen LogP contribution in [0.25, 0.3) is 10.6 Å². The largest absolute Gasteiger partial charge is 0.420 e. The number of nitrogens with one attached hydrogen (secondary N) is 1. The number of aromatic nitrogens is 2. The fourth-order valence-electron chi connectivity index (χ4n) is 3.94. The van der Waals surface area contributed by atoms with Crippen molar-refractivity contribution >= 4 is 23.1 Å². The Morgan fingerprint density at radius 1 is 1.29 bits per heavy atom. The number of hydrogen-bond donors (Lipinski definition) is 1. The Morgan fingerprint density at radius 2 is 1.97 bits per heavy atom. The number of thiophene rings is 1. The van der Waals surface area contributed by atoms with Crippen LogP contribution < -0.4 is 5.32 Å². The second-order valence-corrected chi connectivity index (χ2v) is 9.53. The van der Waals surface area contributed by atoms with E-state index in [1.165, 1.54) is 18.3 Å². The topological polar surface area (TPSA) is 54.9 Å². The third-order valence-corrected chi connectivity index (χ3v) is 7.29. The molecular formula is C23H32F3N3OS. The lowest BCUT2D eigenvalue weighted by Crippen LogP contribution is -2.24. The molecule has 0 aliphatic heterocycles. The van der Waals surface area contributed by atoms with Crippen molar-refractivity contribution in [3.63, 3.8) is 0 Å². The fraction of sp³-hybridized carbons (Fsp3) is 0.609. The quantitative estimate of drug-likeness (QED) is 0.381. The van der Waals surface area contributed by atoms with E-state index >= 15 is 0 Å². The van der Waals surface area contributed by atoms with Crippen LogP contribution in [0, 0.1) is 5.92 Å². The zero-order valence-corrected chi connectivity index (χ0v) is 19.9. The predicted molar refractivity (Wildman–Crippen MR) is 121 cm³/mol. The molecular weight excluding hydrogens is 423 g/mol. The summed E-state index contributed by atoms with van der Waals surface area (Å²) in [5.41, 5.74) is -0.897. The number of halogens is 3. The molecule has 2 aromatic rings. The van der Waals surface area contributed by atoms with Crippen molar-refractivity contribution in [3.05, 3.63) is 28.3 Å². The molecule has 2 aromatic heterocycles. The SMILES string of the molecule is CCCCC(C)CC(C)(CC)c1sc(-c2nc(NC)ncc2C(F)(F)F)cc1C(C)=O. The van der Waals surface area contributed by atoms with E-state index in [0.29, 0.717) is 16.4 Å². The molecule has 1 N–H and O–H groups in total. The minimum Gasteiger partial charge on any atom is -0.357 e. The van der Waals surface area contributed by atoms with Crippen LogP contribution in [0.2, 0.25) is 0 Å². The summed E-state index contributed by atoms with van der Waals surface area (Å²) in [6.07, 6.45) is 1.23. The zero-order chi connectivity index (χ0) is 23.4. The van der Waals surface area contributed by atoms with Gasteiger partial charge in [-0.05, 0) is 31.7 Å². The number of rotatable bonds is 10. The van der Waals surface area contributed by atoms with Gasteiger partial charge in [0.1, 0.15) is 5.56 Å². The molecule has 0 aliphatic rings. The van der Waals surface area contributed by atoms with E-state index in [0.717, 1.165) is 43.2 Å². The highest BCUT2D eigenvalue weighted by atomic mass is 32.1. The van der Waals surface area contributed by atoms with E-state index in [9.17, 15) is 18.0 Å². The number of carbonyl (C=O) groups is 1. The second kappa shape index (κ2) is 10.1. The van der Waals surface area contributed by atoms with Gasteiger partial charge in [0.25, 0.3) is 0 Å². The van der Waals surface area contributed by atoms with E-state index in [1.54, 1.807) is 13.1 Å². The minimum atomic E-state index is -4.59. The number of nitrogens with zero attached hydrogens (tertiary/aromatic N) is 2. The Balaban J connectivity index is 2.63. The lowest BCUT2D eigenvalue weighted by atomic mass is 9.75. The van der Waals surface area contributed by atoms with E-state index < -0.39 is 11.7 Å². The van der Waals surface area contributed by atoms with Crippen LogP contribution in [-0.4, -0.2) is 22.8 Å². The molecule has 0 saturated carbocycles. The minimum absolute atomic E-state index is 0.105. The lowest BCUT2D eigenvalue weighted by Gasteiger charge is -2.31. The van der Waals surface area contributed by atoms with Crippen molar-refractivity contribution in [1.82, 2.24) is 9.97 Å². The van der Waals surface area contributed by atoms with Gasteiger partial charge in [-0.1, -0.05) is 47.0 Å². The number of anilines is 1. The van der Waals surface area contributed by atoms with Gasteiger partial charge in [0.2, 0.25) is 5.95 Å². The van der Waals surface area contributed by atoms with E-state index in [2.05, 4.69) is 43.0 Å². The third-order valence-electron chi connectivity index (χ3n) is 5.84. The number of unbranched alkanes of at least 4 members (excludes halogenated alkanes) is 1. The Labute approximate surface area is 186 Å². The smallest absolute Gasteiger partial charge is 0.357 e. The molecule has 8 heteroatoms. The molecule has 2 unspecified atom stereocenters. The molecule has 0 radical (unpaired) electrons. The summed E-state index contributed by atoms with van der Waals surface area (Å²) >= 11 is 1.25. The summed E-state index contributed by atoms with van der Waals surface area (Å²) in [5.74, 6) is 0.416. The first-order chi connectivity index (χ1) is 14.5. The summed E-state index contributed by atoms with van der Waals surface area (Å²) in [5, 5.41) is 2.70. The van der Waals surface area contributed by atoms with Crippen molar-refractivity contribution in [3.8, 4) is 10.6 Å². The van der Waals surface area contributed by atoms with Gasteiger partial charge in [-0.25, -0.2) is 9.97 Å². The van der Waals surface area contributed by atoms with Crippen molar-refractivity contribution in [2.24, 2.45) is 5.92 Å². The maximum Gasteiger partial charge on any atom is 0.420 e. The molecule has 0 aromatic carbocycles. The maximum absolute atomic E-state index is 13.7. The van der Waals surface area contributed by atoms with Crippen LogP contribution in [0.5, 0.6) is 0 Å². The number of Topliss-reactive ketones (excluding diaryl/α,β-unsaturated/α-hetero) is 1. The third kappa shape index (κ3) is 5.84. The molecule has 0 fully saturated rings. The monoisotopic (exact) mass is 455 g/mol. The molecule has 2 heterocycles. The van der Waals surface area contributed by atoms with Crippen molar-refractivity contribution in [2.75, 3.05) is 12.4 Å². The van der Waals surface area contributed by atoms with E-state index in [-0.39, 0.29) is 22.8 Å². The molecule has 0 bridgehead atoms. The summed E-state index contributed by atoms with van der Waals surface area (Å²) in [6.45, 7) is 10.0. The summed E-state index contributed by atoms with van der Waals surface area (Å²) in [7, 11) is 1.55. The first-order valence-corrected chi connectivity index (χ1v) is 11.6. The Morgan fingerprint density at radius 3 is 2.48 bits per heavy atom. The van der Waals surface area contributed by atoms with Crippen molar-refractivity contribution in [1.29, 1.82) is 0 Å². The van der Waals surface area contributed by atoms with Gasteiger partial charge in [0.05, 0.1) is 10.6 Å². The summed E-state index contributed by atoms with van der Waals surface area (Å²) < 4.78 is 41.0. The molecule has 0 aliphatic carbocycles. The zero-order valence-electron chi connectivity index (χ0n) is 19.1. The van der Waals surface area contributed by atoms with Gasteiger partial charge in [0, 0.05) is 29.1 Å². The molecule has 172 valence electrons. The van der Waals surface area contributed by atoms with Crippen LogP contribution in [0.1, 0.15) is 87.5 Å². The molecule has 0 amide bonds. The average Bonchev–Trinajstić information content (AvgIpc) is 3.17. The Hall–Kier alpha value is -1.96. The highest BCUT2D eigenvalue weighted by Crippen LogP contribution is 2.46. The van der Waals surface area contributed by atoms with Crippen LogP contribution in [0.15, 0.2) is 12.3 Å². The summed E-state index contributed by atoms with van der Waals surface area (Å²) in [6, 6.07) is 1.57. The van der Waals surface area contributed by atoms with E-state index in [1.807, 2.05) is 0 Å². The van der Waals surface area contributed by atoms with Gasteiger partial charge in [-0.3, -0.25) is 4.79 Å². The van der Waals surface area contributed by atoms with Crippen LogP contribution in [0.3, 0.4) is 0 Å². The fourth-order valence-corrected chi connectivity index (χ4v) is 5.37. The molecule has 4 nitrogen and oxygen atoms in total. The number of ketones is 1. The first-order valence-electron chi connectivity index (χ1n) is 10.7. The van der Waals surface area contributed by atoms with Crippen LogP contribution in [-0.2, 0) is 11.6 Å². The van der Waals surface area contributed by atoms with Gasteiger partial charge in [-0.2, -0.15) is 13.2 Å². The van der Waals surface area contributed by atoms with E-state index in [4.69, 9.17) is 0 Å². The normalized spacial score (nSPS) is 14.9. The highest BCUT2D eigenvalue weighted by molar-refractivity contribution is 7.16. The van der Waals surface area contributed by atoms with Crippen molar-refractivity contribution in [2.45, 2.75) is 78.3 Å². The molecule has 0 spiro atoms. The van der Waals surface area contributed by atoms with Gasteiger partial charge >= 0.3 is 6.18 Å². The number of hydrogen-bond acceptors (Lipinski definition) is 5. The Bertz CT molecular complexity index is 910. The maximum atomic E-state index is 13.7. The van der Waals surface area contributed by atoms with Crippen molar-refractivity contribution < 1.29 is 18.0 Å². The second-order valence-electron chi connectivity index (χ2n) is 8.48. The van der Waals surface area contributed by atoms with Crippen LogP contribution >= 0.6 is 11.3 Å². The first kappa shape index (κ1) is 25.3. The highest BCUT2D eigenvalue weighted by Gasteiger charge is 2.38. The Kier molecular flexibility index (Phi) is 8.25. The van der Waals surface area contributed by atoms with Gasteiger partial charge < -0.3 is 5.32 Å². The molecule has 31 heavy (non-hydrogen) atoms. The number of carbonyl (C=O) groups excluding carboxylic acids is 1. The predicted octanol–water partition coefficient (Wildman–Crippen LogP) is 7.35. The molecule has 2 atom stereocenters. The molecule has 0 saturated heterocycles.